The lowest BCUT2D eigenvalue weighted by Crippen LogP contribution is -2.17. The highest BCUT2D eigenvalue weighted by Crippen LogP contribution is 2.52. The van der Waals surface area contributed by atoms with Crippen LogP contribution >= 0.6 is 0 Å². The third-order valence-corrected chi connectivity index (χ3v) is 14.2. The van der Waals surface area contributed by atoms with Gasteiger partial charge in [0.05, 0.1) is 11.0 Å². The SMILES string of the molecule is CC1(C)c2cc(N(c3ccc(-c4ccccc4)cc3)c3ccc(-c4cccc5ccccc45)cc3)ccc2-c2ccc(-n3c4ccccc4c4c5ccccc5c5ccccc5c43)cc21. The molecule has 0 saturated carbocycles. The van der Waals surface area contributed by atoms with E-state index < -0.39 is 0 Å². The van der Waals surface area contributed by atoms with Gasteiger partial charge >= 0.3 is 0 Å². The molecule has 1 aliphatic rings. The Labute approximate surface area is 378 Å². The third-order valence-electron chi connectivity index (χ3n) is 14.2. The monoisotopic (exact) mass is 828 g/mol. The number of fused-ring (bicyclic) bond motifs is 12. The average Bonchev–Trinajstić information content (AvgIpc) is 3.83. The van der Waals surface area contributed by atoms with Crippen LogP contribution in [0.1, 0.15) is 25.0 Å². The van der Waals surface area contributed by atoms with E-state index >= 15 is 0 Å². The molecule has 13 rings (SSSR count). The third kappa shape index (κ3) is 5.74. The summed E-state index contributed by atoms with van der Waals surface area (Å²) in [6.07, 6.45) is 0. The molecule has 0 radical (unpaired) electrons. The highest BCUT2D eigenvalue weighted by molar-refractivity contribution is 6.32. The van der Waals surface area contributed by atoms with Crippen molar-refractivity contribution in [2.24, 2.45) is 0 Å². The summed E-state index contributed by atoms with van der Waals surface area (Å²) in [5, 5.41) is 10.2. The predicted octanol–water partition coefficient (Wildman–Crippen LogP) is 17.4. The molecule has 0 bridgehead atoms. The minimum absolute atomic E-state index is 0.259. The van der Waals surface area contributed by atoms with E-state index in [1.54, 1.807) is 0 Å². The lowest BCUT2D eigenvalue weighted by molar-refractivity contribution is 0.660. The molecule has 1 heterocycles. The number of aromatic nitrogens is 1. The fourth-order valence-corrected chi connectivity index (χ4v) is 11.0. The van der Waals surface area contributed by atoms with Crippen molar-refractivity contribution in [2.75, 3.05) is 4.90 Å². The minimum atomic E-state index is -0.259. The predicted molar refractivity (Wildman–Crippen MR) is 276 cm³/mol. The highest BCUT2D eigenvalue weighted by Gasteiger charge is 2.37. The summed E-state index contributed by atoms with van der Waals surface area (Å²) >= 11 is 0. The van der Waals surface area contributed by atoms with E-state index in [4.69, 9.17) is 0 Å². The zero-order valence-corrected chi connectivity index (χ0v) is 36.3. The molecule has 1 aliphatic carbocycles. The van der Waals surface area contributed by atoms with Gasteiger partial charge in [0.2, 0.25) is 0 Å². The molecule has 0 atom stereocenters. The summed E-state index contributed by atoms with van der Waals surface area (Å²) < 4.78 is 2.52. The molecule has 0 amide bonds. The first kappa shape index (κ1) is 37.4. The lowest BCUT2D eigenvalue weighted by Gasteiger charge is -2.28. The second-order valence-corrected chi connectivity index (χ2v) is 18.1. The molecule has 2 nitrogen and oxygen atoms in total. The van der Waals surface area contributed by atoms with Crippen LogP contribution in [-0.2, 0) is 5.41 Å². The molecule has 0 spiro atoms. The Balaban J connectivity index is 0.947. The number of rotatable bonds is 6. The van der Waals surface area contributed by atoms with E-state index in [9.17, 15) is 0 Å². The molecule has 0 N–H and O–H groups in total. The zero-order chi connectivity index (χ0) is 43.2. The first-order chi connectivity index (χ1) is 32.0. The van der Waals surface area contributed by atoms with Gasteiger partial charge in [0.1, 0.15) is 0 Å². The average molecular weight is 829 g/mol. The van der Waals surface area contributed by atoms with Crippen molar-refractivity contribution in [1.29, 1.82) is 0 Å². The molecule has 12 aromatic rings. The van der Waals surface area contributed by atoms with E-state index in [0.717, 1.165) is 17.1 Å². The Morgan fingerprint density at radius 2 is 0.877 bits per heavy atom. The highest BCUT2D eigenvalue weighted by atomic mass is 15.1. The van der Waals surface area contributed by atoms with Crippen molar-refractivity contribution in [3.8, 4) is 39.1 Å². The molecule has 11 aromatic carbocycles. The molecule has 0 fully saturated rings. The van der Waals surface area contributed by atoms with Gasteiger partial charge in [-0.2, -0.15) is 0 Å². The van der Waals surface area contributed by atoms with E-state index in [2.05, 4.69) is 254 Å². The van der Waals surface area contributed by atoms with Crippen LogP contribution in [0.2, 0.25) is 0 Å². The topological polar surface area (TPSA) is 8.17 Å². The molecule has 306 valence electrons. The van der Waals surface area contributed by atoms with E-state index in [1.807, 2.05) is 0 Å². The molecule has 0 aliphatic heterocycles. The molecule has 0 saturated heterocycles. The second-order valence-electron chi connectivity index (χ2n) is 18.1. The fraction of sp³-hybridized carbons (Fsp3) is 0.0476. The Morgan fingerprint density at radius 1 is 0.354 bits per heavy atom. The van der Waals surface area contributed by atoms with Crippen molar-refractivity contribution >= 4 is 71.2 Å². The largest absolute Gasteiger partial charge is 0.310 e. The summed E-state index contributed by atoms with van der Waals surface area (Å²) in [5.74, 6) is 0. The normalized spacial score (nSPS) is 12.9. The van der Waals surface area contributed by atoms with Gasteiger partial charge in [0.15, 0.2) is 0 Å². The molecular formula is C63H44N2. The van der Waals surface area contributed by atoms with Crippen molar-refractivity contribution in [3.63, 3.8) is 0 Å². The van der Waals surface area contributed by atoms with Crippen LogP contribution in [0.25, 0.3) is 93.2 Å². The molecule has 1 aromatic heterocycles. The maximum Gasteiger partial charge on any atom is 0.0625 e. The van der Waals surface area contributed by atoms with Gasteiger partial charge in [-0.05, 0) is 126 Å². The fourth-order valence-electron chi connectivity index (χ4n) is 11.0. The van der Waals surface area contributed by atoms with Crippen molar-refractivity contribution in [3.05, 3.63) is 242 Å². The van der Waals surface area contributed by atoms with Crippen molar-refractivity contribution < 1.29 is 0 Å². The zero-order valence-electron chi connectivity index (χ0n) is 36.3. The van der Waals surface area contributed by atoms with E-state index in [0.29, 0.717) is 0 Å². The van der Waals surface area contributed by atoms with Gasteiger partial charge in [-0.15, -0.1) is 0 Å². The Bertz CT molecular complexity index is 3830. The Morgan fingerprint density at radius 3 is 1.62 bits per heavy atom. The Hall–Kier alpha value is -8.20. The summed E-state index contributed by atoms with van der Waals surface area (Å²) in [6, 6.07) is 85.0. The van der Waals surface area contributed by atoms with Crippen LogP contribution in [0.5, 0.6) is 0 Å². The molecular weight excluding hydrogens is 785 g/mol. The van der Waals surface area contributed by atoms with Crippen LogP contribution in [0.3, 0.4) is 0 Å². The maximum absolute atomic E-state index is 2.52. The van der Waals surface area contributed by atoms with Crippen molar-refractivity contribution in [2.45, 2.75) is 19.3 Å². The molecule has 65 heavy (non-hydrogen) atoms. The second kappa shape index (κ2) is 14.4. The van der Waals surface area contributed by atoms with Gasteiger partial charge in [0, 0.05) is 44.3 Å². The van der Waals surface area contributed by atoms with E-state index in [1.165, 1.54) is 104 Å². The Kier molecular flexibility index (Phi) is 8.29. The first-order valence-electron chi connectivity index (χ1n) is 22.7. The van der Waals surface area contributed by atoms with E-state index in [-0.39, 0.29) is 5.41 Å². The van der Waals surface area contributed by atoms with Gasteiger partial charge in [-0.3, -0.25) is 0 Å². The summed E-state index contributed by atoms with van der Waals surface area (Å²) in [4.78, 5) is 2.42. The first-order valence-corrected chi connectivity index (χ1v) is 22.7. The number of anilines is 3. The van der Waals surface area contributed by atoms with Crippen LogP contribution in [0.4, 0.5) is 17.1 Å². The summed E-state index contributed by atoms with van der Waals surface area (Å²) in [6.45, 7) is 4.80. The number of nitrogens with zero attached hydrogens (tertiary/aromatic N) is 2. The van der Waals surface area contributed by atoms with Gasteiger partial charge in [0.25, 0.3) is 0 Å². The number of hydrogen-bond acceptors (Lipinski definition) is 1. The van der Waals surface area contributed by atoms with Gasteiger partial charge in [-0.1, -0.05) is 190 Å². The maximum atomic E-state index is 2.52. The van der Waals surface area contributed by atoms with Gasteiger partial charge < -0.3 is 9.47 Å². The van der Waals surface area contributed by atoms with Crippen LogP contribution in [0, 0.1) is 0 Å². The van der Waals surface area contributed by atoms with Crippen LogP contribution in [0.15, 0.2) is 231 Å². The van der Waals surface area contributed by atoms with Crippen molar-refractivity contribution in [1.82, 2.24) is 4.57 Å². The molecule has 0 unspecified atom stereocenters. The smallest absolute Gasteiger partial charge is 0.0625 e. The lowest BCUT2D eigenvalue weighted by atomic mass is 9.82. The number of hydrogen-bond donors (Lipinski definition) is 0. The van der Waals surface area contributed by atoms with Gasteiger partial charge in [-0.25, -0.2) is 0 Å². The number of benzene rings is 11. The number of para-hydroxylation sites is 1. The van der Waals surface area contributed by atoms with Crippen LogP contribution < -0.4 is 4.90 Å². The minimum Gasteiger partial charge on any atom is -0.310 e. The quantitative estimate of drug-likeness (QED) is 0.152. The standard InChI is InChI=1S/C63H44N2/c1-63(2)58-39-47(64(45-31-27-42(28-32-45)41-15-4-3-5-16-41)46-33-29-44(30-34-46)50-25-14-18-43-17-6-7-19-49(43)50)35-37-53(58)54-38-36-48(40-59(54)63)65-60-26-13-12-24-57(60)61-55-22-10-8-20-51(55)52-21-9-11-23-56(52)62(61)65/h3-40H,1-2H3. The summed E-state index contributed by atoms with van der Waals surface area (Å²) in [7, 11) is 0. The van der Waals surface area contributed by atoms with Crippen LogP contribution in [-0.4, -0.2) is 4.57 Å². The molecule has 2 heteroatoms. The summed E-state index contributed by atoms with van der Waals surface area (Å²) in [5.41, 5.74) is 16.9.